The van der Waals surface area contributed by atoms with Crippen LogP contribution in [0.1, 0.15) is 19.4 Å². The lowest BCUT2D eigenvalue weighted by atomic mass is 9.98. The standard InChI is InChI=1S/C26H33N5O3S/c1-17(2)35(32,33)30-24-14-20(15-25(34-4)18(24)3)23-13-21(16-29-26(23)27)19-5-7-22(8-6-19)31-11-9-28-10-12-31/h5-8,13-17,28,30H,9-12H2,1-4H3,(H2,27,29). The summed E-state index contributed by atoms with van der Waals surface area (Å²) in [6.45, 7) is 9.05. The van der Waals surface area contributed by atoms with Crippen molar-refractivity contribution in [2.24, 2.45) is 0 Å². The minimum Gasteiger partial charge on any atom is -0.496 e. The number of pyridine rings is 1. The van der Waals surface area contributed by atoms with E-state index in [4.69, 9.17) is 10.5 Å². The second-order valence-corrected chi connectivity index (χ2v) is 11.2. The number of nitrogens with zero attached hydrogens (tertiary/aromatic N) is 2. The van der Waals surface area contributed by atoms with Crippen LogP contribution in [0.4, 0.5) is 17.2 Å². The second kappa shape index (κ2) is 10.1. The lowest BCUT2D eigenvalue weighted by molar-refractivity contribution is 0.412. The number of hydrogen-bond donors (Lipinski definition) is 3. The van der Waals surface area contributed by atoms with Crippen LogP contribution in [0, 0.1) is 6.92 Å². The zero-order chi connectivity index (χ0) is 25.2. The fraction of sp³-hybridized carbons (Fsp3) is 0.346. The zero-order valence-corrected chi connectivity index (χ0v) is 21.4. The fourth-order valence-electron chi connectivity index (χ4n) is 4.08. The number of piperazine rings is 1. The van der Waals surface area contributed by atoms with Crippen molar-refractivity contribution < 1.29 is 13.2 Å². The van der Waals surface area contributed by atoms with Crippen LogP contribution in [0.2, 0.25) is 0 Å². The first-order chi connectivity index (χ1) is 16.7. The predicted molar refractivity (Wildman–Crippen MR) is 144 cm³/mol. The van der Waals surface area contributed by atoms with Crippen LogP contribution in [0.3, 0.4) is 0 Å². The number of anilines is 3. The van der Waals surface area contributed by atoms with E-state index in [1.807, 2.05) is 19.1 Å². The van der Waals surface area contributed by atoms with Crippen LogP contribution in [-0.2, 0) is 10.0 Å². The molecule has 0 amide bonds. The van der Waals surface area contributed by atoms with Gasteiger partial charge in [-0.05, 0) is 62.2 Å². The summed E-state index contributed by atoms with van der Waals surface area (Å²) in [6, 6.07) is 14.1. The van der Waals surface area contributed by atoms with E-state index in [9.17, 15) is 8.42 Å². The number of aromatic nitrogens is 1. The first-order valence-corrected chi connectivity index (χ1v) is 13.3. The van der Waals surface area contributed by atoms with Crippen molar-refractivity contribution >= 4 is 27.2 Å². The number of nitrogen functional groups attached to an aromatic ring is 1. The molecular weight excluding hydrogens is 462 g/mol. The molecule has 186 valence electrons. The lowest BCUT2D eigenvalue weighted by Crippen LogP contribution is -2.43. The molecule has 4 N–H and O–H groups in total. The summed E-state index contributed by atoms with van der Waals surface area (Å²) in [5, 5.41) is 2.80. The lowest BCUT2D eigenvalue weighted by Gasteiger charge is -2.29. The number of sulfonamides is 1. The molecule has 2 heterocycles. The molecule has 3 aromatic rings. The monoisotopic (exact) mass is 495 g/mol. The fourth-order valence-corrected chi connectivity index (χ4v) is 4.84. The molecule has 1 aliphatic heterocycles. The first-order valence-electron chi connectivity index (χ1n) is 11.7. The molecule has 0 bridgehead atoms. The first kappa shape index (κ1) is 24.8. The van der Waals surface area contributed by atoms with Crippen molar-refractivity contribution in [3.05, 3.63) is 54.2 Å². The summed E-state index contributed by atoms with van der Waals surface area (Å²) >= 11 is 0. The third-order valence-electron chi connectivity index (χ3n) is 6.37. The van der Waals surface area contributed by atoms with Gasteiger partial charge in [0.1, 0.15) is 11.6 Å². The number of nitrogens with two attached hydrogens (primary N) is 1. The van der Waals surface area contributed by atoms with Gasteiger partial charge in [-0.15, -0.1) is 0 Å². The molecular formula is C26H33N5O3S. The summed E-state index contributed by atoms with van der Waals surface area (Å²) in [6.07, 6.45) is 1.76. The number of benzene rings is 2. The maximum absolute atomic E-state index is 12.6. The Morgan fingerprint density at radius 1 is 1.06 bits per heavy atom. The van der Waals surface area contributed by atoms with E-state index in [0.29, 0.717) is 28.4 Å². The summed E-state index contributed by atoms with van der Waals surface area (Å²) in [7, 11) is -1.97. The molecule has 35 heavy (non-hydrogen) atoms. The van der Waals surface area contributed by atoms with Crippen LogP contribution in [0.25, 0.3) is 22.3 Å². The van der Waals surface area contributed by atoms with Gasteiger partial charge in [-0.3, -0.25) is 4.72 Å². The summed E-state index contributed by atoms with van der Waals surface area (Å²) < 4.78 is 33.3. The molecule has 2 aromatic carbocycles. The Balaban J connectivity index is 1.71. The Morgan fingerprint density at radius 3 is 2.37 bits per heavy atom. The molecule has 1 aliphatic rings. The maximum atomic E-state index is 12.6. The van der Waals surface area contributed by atoms with E-state index in [0.717, 1.165) is 42.9 Å². The predicted octanol–water partition coefficient (Wildman–Crippen LogP) is 3.87. The SMILES string of the molecule is COc1cc(-c2cc(-c3ccc(N4CCNCC4)cc3)cnc2N)cc(NS(=O)(=O)C(C)C)c1C. The van der Waals surface area contributed by atoms with Crippen molar-refractivity contribution in [1.29, 1.82) is 0 Å². The van der Waals surface area contributed by atoms with Gasteiger partial charge in [0.15, 0.2) is 0 Å². The molecule has 8 nitrogen and oxygen atoms in total. The average molecular weight is 496 g/mol. The highest BCUT2D eigenvalue weighted by molar-refractivity contribution is 7.93. The van der Waals surface area contributed by atoms with Crippen molar-refractivity contribution in [2.45, 2.75) is 26.0 Å². The number of nitrogens with one attached hydrogen (secondary N) is 2. The highest BCUT2D eigenvalue weighted by atomic mass is 32.2. The van der Waals surface area contributed by atoms with Crippen molar-refractivity contribution in [1.82, 2.24) is 10.3 Å². The molecule has 1 fully saturated rings. The number of ether oxygens (including phenoxy) is 1. The van der Waals surface area contributed by atoms with Crippen molar-refractivity contribution in [2.75, 3.05) is 48.6 Å². The van der Waals surface area contributed by atoms with E-state index in [2.05, 4.69) is 44.2 Å². The molecule has 9 heteroatoms. The quantitative estimate of drug-likeness (QED) is 0.456. The molecule has 4 rings (SSSR count). The van der Waals surface area contributed by atoms with Crippen LogP contribution in [0.5, 0.6) is 5.75 Å². The zero-order valence-electron chi connectivity index (χ0n) is 20.6. The van der Waals surface area contributed by atoms with Gasteiger partial charge in [-0.1, -0.05) is 12.1 Å². The Bertz CT molecular complexity index is 1300. The molecule has 1 saturated heterocycles. The molecule has 1 aromatic heterocycles. The van der Waals surface area contributed by atoms with Crippen LogP contribution in [0.15, 0.2) is 48.7 Å². The molecule has 0 saturated carbocycles. The molecule has 0 radical (unpaired) electrons. The molecule has 0 unspecified atom stereocenters. The highest BCUT2D eigenvalue weighted by Crippen LogP contribution is 2.37. The Labute approximate surface area is 207 Å². The van der Waals surface area contributed by atoms with E-state index < -0.39 is 15.3 Å². The van der Waals surface area contributed by atoms with E-state index in [1.54, 1.807) is 33.2 Å². The third kappa shape index (κ3) is 5.36. The highest BCUT2D eigenvalue weighted by Gasteiger charge is 2.20. The Hall–Kier alpha value is -3.30. The van der Waals surface area contributed by atoms with Gasteiger partial charge in [0.2, 0.25) is 10.0 Å². The molecule has 0 atom stereocenters. The van der Waals surface area contributed by atoms with Crippen molar-refractivity contribution in [3.63, 3.8) is 0 Å². The Kier molecular flexibility index (Phi) is 7.18. The average Bonchev–Trinajstić information content (AvgIpc) is 2.86. The summed E-state index contributed by atoms with van der Waals surface area (Å²) in [5.74, 6) is 0.920. The second-order valence-electron chi connectivity index (χ2n) is 8.99. The van der Waals surface area contributed by atoms with Gasteiger partial charge in [0.05, 0.1) is 18.0 Å². The maximum Gasteiger partial charge on any atom is 0.235 e. The van der Waals surface area contributed by atoms with Crippen LogP contribution < -0.4 is 25.4 Å². The van der Waals surface area contributed by atoms with Crippen LogP contribution in [-0.4, -0.2) is 51.9 Å². The number of methoxy groups -OCH3 is 1. The third-order valence-corrected chi connectivity index (χ3v) is 8.11. The van der Waals surface area contributed by atoms with Crippen molar-refractivity contribution in [3.8, 4) is 28.0 Å². The largest absolute Gasteiger partial charge is 0.496 e. The number of rotatable bonds is 7. The van der Waals surface area contributed by atoms with E-state index >= 15 is 0 Å². The van der Waals surface area contributed by atoms with Gasteiger partial charge in [0.25, 0.3) is 0 Å². The molecule has 0 aliphatic carbocycles. The summed E-state index contributed by atoms with van der Waals surface area (Å²) in [5.41, 5.74) is 12.0. The Morgan fingerprint density at radius 2 is 1.74 bits per heavy atom. The molecule has 0 spiro atoms. The van der Waals surface area contributed by atoms with E-state index in [-0.39, 0.29) is 0 Å². The minimum absolute atomic E-state index is 0.356. The smallest absolute Gasteiger partial charge is 0.235 e. The van der Waals surface area contributed by atoms with Gasteiger partial charge in [0, 0.05) is 54.8 Å². The summed E-state index contributed by atoms with van der Waals surface area (Å²) in [4.78, 5) is 6.80. The van der Waals surface area contributed by atoms with Crippen LogP contribution >= 0.6 is 0 Å². The van der Waals surface area contributed by atoms with Gasteiger partial charge in [-0.25, -0.2) is 13.4 Å². The topological polar surface area (TPSA) is 110 Å². The van der Waals surface area contributed by atoms with E-state index in [1.165, 1.54) is 5.69 Å². The minimum atomic E-state index is -3.53. The number of hydrogen-bond acceptors (Lipinski definition) is 7. The van der Waals surface area contributed by atoms with Gasteiger partial charge < -0.3 is 20.7 Å². The van der Waals surface area contributed by atoms with Gasteiger partial charge >= 0.3 is 0 Å². The normalized spacial score (nSPS) is 14.3. The van der Waals surface area contributed by atoms with Gasteiger partial charge in [-0.2, -0.15) is 0 Å².